The first-order valence-electron chi connectivity index (χ1n) is 7.03. The maximum absolute atomic E-state index is 12.1. The molecule has 2 N–H and O–H groups in total. The van der Waals surface area contributed by atoms with E-state index < -0.39 is 0 Å². The normalized spacial score (nSPS) is 26.6. The zero-order valence-electron chi connectivity index (χ0n) is 11.8. The van der Waals surface area contributed by atoms with Crippen molar-refractivity contribution in [3.8, 4) is 0 Å². The van der Waals surface area contributed by atoms with Crippen molar-refractivity contribution in [1.82, 2.24) is 10.6 Å². The van der Waals surface area contributed by atoms with Crippen molar-refractivity contribution in [2.24, 2.45) is 23.2 Å². The van der Waals surface area contributed by atoms with Gasteiger partial charge in [0.1, 0.15) is 0 Å². The van der Waals surface area contributed by atoms with Gasteiger partial charge in [0, 0.05) is 12.5 Å². The lowest BCUT2D eigenvalue weighted by atomic mass is 9.91. The average molecular weight is 275 g/mol. The second-order valence-corrected chi connectivity index (χ2v) is 6.34. The lowest BCUT2D eigenvalue weighted by molar-refractivity contribution is -0.123. The number of carbonyl (C=O) groups is 1. The van der Waals surface area contributed by atoms with Crippen LogP contribution in [-0.2, 0) is 4.79 Å². The minimum absolute atomic E-state index is 0. The minimum Gasteiger partial charge on any atom is -0.356 e. The highest BCUT2D eigenvalue weighted by molar-refractivity contribution is 5.85. The summed E-state index contributed by atoms with van der Waals surface area (Å²) in [4.78, 5) is 12.1. The van der Waals surface area contributed by atoms with Gasteiger partial charge in [-0.1, -0.05) is 20.8 Å². The van der Waals surface area contributed by atoms with Crippen LogP contribution in [0.25, 0.3) is 0 Å². The number of rotatable bonds is 4. The fourth-order valence-electron chi connectivity index (χ4n) is 2.82. The van der Waals surface area contributed by atoms with Gasteiger partial charge in [0.15, 0.2) is 0 Å². The van der Waals surface area contributed by atoms with Gasteiger partial charge >= 0.3 is 0 Å². The molecule has 0 aromatic rings. The molecule has 2 unspecified atom stereocenters. The largest absolute Gasteiger partial charge is 0.356 e. The van der Waals surface area contributed by atoms with Gasteiger partial charge in [-0.15, -0.1) is 12.4 Å². The number of halogens is 1. The van der Waals surface area contributed by atoms with Gasteiger partial charge in [-0.25, -0.2) is 0 Å². The number of amides is 1. The van der Waals surface area contributed by atoms with Crippen LogP contribution in [0.1, 0.15) is 40.0 Å². The molecule has 1 spiro atoms. The predicted molar refractivity (Wildman–Crippen MR) is 76.9 cm³/mol. The van der Waals surface area contributed by atoms with Crippen molar-refractivity contribution in [1.29, 1.82) is 0 Å². The van der Waals surface area contributed by atoms with E-state index in [1.165, 1.54) is 12.8 Å². The van der Waals surface area contributed by atoms with Gasteiger partial charge in [0.2, 0.25) is 5.91 Å². The first kappa shape index (κ1) is 15.8. The van der Waals surface area contributed by atoms with E-state index in [1.54, 1.807) is 0 Å². The van der Waals surface area contributed by atoms with Crippen LogP contribution < -0.4 is 10.6 Å². The molecule has 0 aromatic heterocycles. The fraction of sp³-hybridized carbons (Fsp3) is 0.929. The highest BCUT2D eigenvalue weighted by atomic mass is 35.5. The van der Waals surface area contributed by atoms with Crippen LogP contribution in [0.4, 0.5) is 0 Å². The van der Waals surface area contributed by atoms with Crippen LogP contribution in [0, 0.1) is 23.2 Å². The number of nitrogens with one attached hydrogen (secondary N) is 2. The molecule has 4 heteroatoms. The lowest BCUT2D eigenvalue weighted by Gasteiger charge is -2.23. The van der Waals surface area contributed by atoms with E-state index in [2.05, 4.69) is 31.4 Å². The highest BCUT2D eigenvalue weighted by Gasteiger charge is 2.57. The Labute approximate surface area is 117 Å². The molecule has 1 amide bonds. The maximum Gasteiger partial charge on any atom is 0.223 e. The summed E-state index contributed by atoms with van der Waals surface area (Å²) in [5.41, 5.74) is 0.371. The third-order valence-corrected chi connectivity index (χ3v) is 4.84. The average Bonchev–Trinajstić information content (AvgIpc) is 3.00. The zero-order valence-corrected chi connectivity index (χ0v) is 12.6. The van der Waals surface area contributed by atoms with Crippen LogP contribution in [-0.4, -0.2) is 25.5 Å². The summed E-state index contributed by atoms with van der Waals surface area (Å²) < 4.78 is 0. The van der Waals surface area contributed by atoms with Gasteiger partial charge in [0.05, 0.1) is 0 Å². The van der Waals surface area contributed by atoms with Crippen molar-refractivity contribution in [3.05, 3.63) is 0 Å². The third-order valence-electron chi connectivity index (χ3n) is 4.84. The molecule has 2 atom stereocenters. The Morgan fingerprint density at radius 1 is 1.33 bits per heavy atom. The maximum atomic E-state index is 12.1. The highest BCUT2D eigenvalue weighted by Crippen LogP contribution is 2.58. The van der Waals surface area contributed by atoms with E-state index in [-0.39, 0.29) is 12.4 Å². The summed E-state index contributed by atoms with van der Waals surface area (Å²) in [6, 6.07) is 0. The molecule has 0 aromatic carbocycles. The molecular formula is C14H27ClN2O. The Morgan fingerprint density at radius 3 is 2.50 bits per heavy atom. The molecule has 18 heavy (non-hydrogen) atoms. The second-order valence-electron chi connectivity index (χ2n) is 6.34. The van der Waals surface area contributed by atoms with Crippen LogP contribution in [0.2, 0.25) is 0 Å². The smallest absolute Gasteiger partial charge is 0.223 e. The molecule has 0 bridgehead atoms. The molecule has 1 saturated heterocycles. The van der Waals surface area contributed by atoms with E-state index in [9.17, 15) is 4.79 Å². The summed E-state index contributed by atoms with van der Waals surface area (Å²) in [5.74, 6) is 1.83. The van der Waals surface area contributed by atoms with Gasteiger partial charge in [0.25, 0.3) is 0 Å². The van der Waals surface area contributed by atoms with Crippen LogP contribution in [0.15, 0.2) is 0 Å². The van der Waals surface area contributed by atoms with Gasteiger partial charge in [-0.05, 0) is 49.6 Å². The topological polar surface area (TPSA) is 41.1 Å². The first-order chi connectivity index (χ1) is 8.05. The summed E-state index contributed by atoms with van der Waals surface area (Å²) in [6.07, 6.45) is 3.49. The zero-order chi connectivity index (χ0) is 12.5. The molecule has 1 aliphatic carbocycles. The number of hydrogen-bond acceptors (Lipinski definition) is 2. The quantitative estimate of drug-likeness (QED) is 0.825. The third kappa shape index (κ3) is 3.39. The van der Waals surface area contributed by atoms with Crippen LogP contribution >= 0.6 is 12.4 Å². The fourth-order valence-corrected chi connectivity index (χ4v) is 2.82. The van der Waals surface area contributed by atoms with Crippen molar-refractivity contribution in [3.63, 3.8) is 0 Å². The molecular weight excluding hydrogens is 248 g/mol. The number of piperidine rings is 1. The molecule has 1 heterocycles. The summed E-state index contributed by atoms with van der Waals surface area (Å²) >= 11 is 0. The summed E-state index contributed by atoms with van der Waals surface area (Å²) in [5, 5.41) is 6.51. The van der Waals surface area contributed by atoms with Crippen LogP contribution in [0.5, 0.6) is 0 Å². The molecule has 0 radical (unpaired) electrons. The van der Waals surface area contributed by atoms with Gasteiger partial charge < -0.3 is 10.6 Å². The molecule has 2 aliphatic rings. The first-order valence-corrected chi connectivity index (χ1v) is 7.03. The SMILES string of the molecule is CC(C)C(C)CNC(=O)C1CC12CCNCC2.Cl. The van der Waals surface area contributed by atoms with E-state index >= 15 is 0 Å². The van der Waals surface area contributed by atoms with E-state index in [0.717, 1.165) is 26.1 Å². The van der Waals surface area contributed by atoms with E-state index in [1.807, 2.05) is 0 Å². The lowest BCUT2D eigenvalue weighted by Crippen LogP contribution is -2.35. The van der Waals surface area contributed by atoms with E-state index in [4.69, 9.17) is 0 Å². The second kappa shape index (κ2) is 6.25. The summed E-state index contributed by atoms with van der Waals surface area (Å²) in [7, 11) is 0. The minimum atomic E-state index is 0. The van der Waals surface area contributed by atoms with Crippen molar-refractivity contribution >= 4 is 18.3 Å². The number of carbonyl (C=O) groups excluding carboxylic acids is 1. The monoisotopic (exact) mass is 274 g/mol. The summed E-state index contributed by atoms with van der Waals surface area (Å²) in [6.45, 7) is 9.64. The molecule has 3 nitrogen and oxygen atoms in total. The Morgan fingerprint density at radius 2 is 1.94 bits per heavy atom. The van der Waals surface area contributed by atoms with E-state index in [0.29, 0.717) is 29.1 Å². The molecule has 1 saturated carbocycles. The molecule has 2 fully saturated rings. The van der Waals surface area contributed by atoms with Crippen molar-refractivity contribution < 1.29 is 4.79 Å². The van der Waals surface area contributed by atoms with Gasteiger partial charge in [-0.3, -0.25) is 4.79 Å². The Hall–Kier alpha value is -0.280. The van der Waals surface area contributed by atoms with Crippen LogP contribution in [0.3, 0.4) is 0 Å². The Balaban J connectivity index is 0.00000162. The molecule has 106 valence electrons. The Kier molecular flexibility index (Phi) is 5.47. The Bertz CT molecular complexity index is 288. The molecule has 2 rings (SSSR count). The van der Waals surface area contributed by atoms with Crippen molar-refractivity contribution in [2.45, 2.75) is 40.0 Å². The molecule has 1 aliphatic heterocycles. The standard InChI is InChI=1S/C14H26N2O.ClH/c1-10(2)11(3)9-16-13(17)12-8-14(12)4-6-15-7-5-14;/h10-12,15H,4-9H2,1-3H3,(H,16,17);1H. The number of hydrogen-bond donors (Lipinski definition) is 2. The van der Waals surface area contributed by atoms with Gasteiger partial charge in [-0.2, -0.15) is 0 Å². The predicted octanol–water partition coefficient (Wildman–Crippen LogP) is 2.21. The van der Waals surface area contributed by atoms with Crippen molar-refractivity contribution in [2.75, 3.05) is 19.6 Å².